The maximum Gasteiger partial charge on any atom is 0.244 e. The average molecular weight is 382 g/mol. The van der Waals surface area contributed by atoms with Crippen LogP contribution in [-0.4, -0.2) is 36.9 Å². The van der Waals surface area contributed by atoms with Gasteiger partial charge in [0.1, 0.15) is 0 Å². The van der Waals surface area contributed by atoms with Gasteiger partial charge in [0.2, 0.25) is 11.8 Å². The number of likely N-dealkylation sites (tertiary alicyclic amines) is 1. The Morgan fingerprint density at radius 2 is 2.07 bits per heavy atom. The Morgan fingerprint density at radius 3 is 2.71 bits per heavy atom. The maximum absolute atomic E-state index is 13.8. The van der Waals surface area contributed by atoms with Crippen molar-refractivity contribution in [1.29, 1.82) is 0 Å². The molecule has 1 fully saturated rings. The summed E-state index contributed by atoms with van der Waals surface area (Å²) in [6.45, 7) is 1.14. The number of carbonyl (C=O) groups is 2. The fourth-order valence-corrected chi connectivity index (χ4v) is 3.22. The Hall–Kier alpha value is -3.15. The molecule has 1 aliphatic rings. The molecular weight excluding hydrogens is 359 g/mol. The van der Waals surface area contributed by atoms with E-state index in [4.69, 9.17) is 4.74 Å². The fraction of sp³-hybridized carbons (Fsp3) is 0.273. The van der Waals surface area contributed by atoms with E-state index in [-0.39, 0.29) is 23.6 Å². The lowest BCUT2D eigenvalue weighted by Crippen LogP contribution is -2.38. The molecule has 0 bridgehead atoms. The third-order valence-electron chi connectivity index (χ3n) is 4.70. The van der Waals surface area contributed by atoms with Gasteiger partial charge in [0.05, 0.1) is 13.2 Å². The zero-order valence-corrected chi connectivity index (χ0v) is 15.7. The summed E-state index contributed by atoms with van der Waals surface area (Å²) >= 11 is 0. The predicted octanol–water partition coefficient (Wildman–Crippen LogP) is 3.33. The van der Waals surface area contributed by atoms with E-state index in [1.165, 1.54) is 25.3 Å². The lowest BCUT2D eigenvalue weighted by atomic mass is 10.1. The first kappa shape index (κ1) is 19.6. The number of hydrogen-bond donors (Lipinski definition) is 1. The summed E-state index contributed by atoms with van der Waals surface area (Å²) in [4.78, 5) is 26.2. The molecule has 1 unspecified atom stereocenters. The average Bonchev–Trinajstić information content (AvgIpc) is 3.11. The summed E-state index contributed by atoms with van der Waals surface area (Å²) in [7, 11) is 1.40. The summed E-state index contributed by atoms with van der Waals surface area (Å²) in [6.07, 6.45) is 4.31. The molecule has 28 heavy (non-hydrogen) atoms. The van der Waals surface area contributed by atoms with E-state index in [9.17, 15) is 14.0 Å². The van der Waals surface area contributed by atoms with Gasteiger partial charge in [0, 0.05) is 25.6 Å². The van der Waals surface area contributed by atoms with E-state index in [0.717, 1.165) is 12.0 Å². The summed E-state index contributed by atoms with van der Waals surface area (Å²) in [6, 6.07) is 13.7. The number of rotatable bonds is 7. The van der Waals surface area contributed by atoms with Crippen LogP contribution in [-0.2, 0) is 9.59 Å². The lowest BCUT2D eigenvalue weighted by molar-refractivity contribution is -0.128. The summed E-state index contributed by atoms with van der Waals surface area (Å²) in [5.41, 5.74) is 1.49. The van der Waals surface area contributed by atoms with Gasteiger partial charge in [-0.1, -0.05) is 36.4 Å². The Labute approximate surface area is 163 Å². The van der Waals surface area contributed by atoms with Crippen molar-refractivity contribution in [2.75, 3.05) is 20.2 Å². The number of nitrogens with one attached hydrogen (secondary N) is 1. The second kappa shape index (κ2) is 9.17. The standard InChI is InChI=1S/C22H23FN2O3/c1-28-20-11-9-16(14-18(20)23)10-12-21(26)24-19(17-6-3-2-4-7-17)15-25-13-5-8-22(25)27/h2-4,6-7,9-12,14,19H,5,8,13,15H2,1H3,(H,24,26)/b12-10+. The van der Waals surface area contributed by atoms with Gasteiger partial charge in [0.25, 0.3) is 0 Å². The molecule has 1 aliphatic heterocycles. The fourth-order valence-electron chi connectivity index (χ4n) is 3.22. The highest BCUT2D eigenvalue weighted by Crippen LogP contribution is 2.20. The van der Waals surface area contributed by atoms with Gasteiger partial charge in [0.15, 0.2) is 11.6 Å². The lowest BCUT2D eigenvalue weighted by Gasteiger charge is -2.24. The Balaban J connectivity index is 1.70. The molecule has 0 aromatic heterocycles. The van der Waals surface area contributed by atoms with Crippen molar-refractivity contribution in [3.8, 4) is 5.75 Å². The van der Waals surface area contributed by atoms with Crippen LogP contribution in [0, 0.1) is 5.82 Å². The first-order chi connectivity index (χ1) is 13.6. The van der Waals surface area contributed by atoms with Crippen LogP contribution in [0.25, 0.3) is 6.08 Å². The first-order valence-corrected chi connectivity index (χ1v) is 9.21. The van der Waals surface area contributed by atoms with Gasteiger partial charge >= 0.3 is 0 Å². The SMILES string of the molecule is COc1ccc(/C=C/C(=O)NC(CN2CCCC2=O)c2ccccc2)cc1F. The van der Waals surface area contributed by atoms with Crippen molar-refractivity contribution in [2.45, 2.75) is 18.9 Å². The number of methoxy groups -OCH3 is 1. The van der Waals surface area contributed by atoms with Gasteiger partial charge in [-0.2, -0.15) is 0 Å². The normalized spacial score (nSPS) is 15.1. The molecule has 1 saturated heterocycles. The molecule has 0 aliphatic carbocycles. The van der Waals surface area contributed by atoms with Crippen LogP contribution in [0.1, 0.15) is 30.0 Å². The van der Waals surface area contributed by atoms with Crippen molar-refractivity contribution in [1.82, 2.24) is 10.2 Å². The molecule has 5 nitrogen and oxygen atoms in total. The van der Waals surface area contributed by atoms with Crippen LogP contribution in [0.5, 0.6) is 5.75 Å². The summed E-state index contributed by atoms with van der Waals surface area (Å²) in [5, 5.41) is 2.95. The molecule has 6 heteroatoms. The van der Waals surface area contributed by atoms with Crippen molar-refractivity contribution in [3.05, 3.63) is 71.6 Å². The Kier molecular flexibility index (Phi) is 6.42. The van der Waals surface area contributed by atoms with Crippen molar-refractivity contribution >= 4 is 17.9 Å². The number of halogens is 1. The molecule has 0 spiro atoms. The van der Waals surface area contributed by atoms with E-state index in [1.54, 1.807) is 17.0 Å². The van der Waals surface area contributed by atoms with Gasteiger partial charge in [-0.25, -0.2) is 4.39 Å². The number of benzene rings is 2. The third-order valence-corrected chi connectivity index (χ3v) is 4.70. The molecule has 2 aromatic carbocycles. The molecule has 2 amide bonds. The van der Waals surface area contributed by atoms with Gasteiger partial charge in [-0.3, -0.25) is 9.59 Å². The van der Waals surface area contributed by atoms with E-state index >= 15 is 0 Å². The van der Waals surface area contributed by atoms with Crippen LogP contribution >= 0.6 is 0 Å². The quantitative estimate of drug-likeness (QED) is 0.748. The molecule has 0 saturated carbocycles. The van der Waals surface area contributed by atoms with Gasteiger partial charge in [-0.15, -0.1) is 0 Å². The van der Waals surface area contributed by atoms with Gasteiger partial charge < -0.3 is 15.0 Å². The Morgan fingerprint density at radius 1 is 1.29 bits per heavy atom. The monoisotopic (exact) mass is 382 g/mol. The minimum absolute atomic E-state index is 0.111. The molecule has 0 radical (unpaired) electrons. The molecule has 1 heterocycles. The summed E-state index contributed by atoms with van der Waals surface area (Å²) < 4.78 is 18.7. The number of carbonyl (C=O) groups excluding carboxylic acids is 2. The molecular formula is C22H23FN2O3. The molecule has 1 atom stereocenters. The topological polar surface area (TPSA) is 58.6 Å². The third kappa shape index (κ3) is 4.97. The van der Waals surface area contributed by atoms with Crippen LogP contribution in [0.3, 0.4) is 0 Å². The van der Waals surface area contributed by atoms with Crippen molar-refractivity contribution in [2.24, 2.45) is 0 Å². The van der Waals surface area contributed by atoms with Crippen LogP contribution in [0.15, 0.2) is 54.6 Å². The van der Waals surface area contributed by atoms with Crippen molar-refractivity contribution in [3.63, 3.8) is 0 Å². The highest BCUT2D eigenvalue weighted by molar-refractivity contribution is 5.92. The van der Waals surface area contributed by atoms with Gasteiger partial charge in [-0.05, 0) is 35.8 Å². The minimum Gasteiger partial charge on any atom is -0.494 e. The molecule has 3 rings (SSSR count). The van der Waals surface area contributed by atoms with Crippen molar-refractivity contribution < 1.29 is 18.7 Å². The smallest absolute Gasteiger partial charge is 0.244 e. The second-order valence-corrected chi connectivity index (χ2v) is 6.64. The first-order valence-electron chi connectivity index (χ1n) is 9.21. The van der Waals surface area contributed by atoms with Crippen LogP contribution in [0.4, 0.5) is 4.39 Å². The largest absolute Gasteiger partial charge is 0.494 e. The molecule has 1 N–H and O–H groups in total. The second-order valence-electron chi connectivity index (χ2n) is 6.64. The minimum atomic E-state index is -0.486. The van der Waals surface area contributed by atoms with E-state index < -0.39 is 5.82 Å². The molecule has 2 aromatic rings. The van der Waals surface area contributed by atoms with E-state index in [2.05, 4.69) is 5.32 Å². The van der Waals surface area contributed by atoms with E-state index in [0.29, 0.717) is 25.1 Å². The van der Waals surface area contributed by atoms with Crippen LogP contribution < -0.4 is 10.1 Å². The maximum atomic E-state index is 13.8. The van der Waals surface area contributed by atoms with Crippen LogP contribution in [0.2, 0.25) is 0 Å². The number of ether oxygens (including phenoxy) is 1. The summed E-state index contributed by atoms with van der Waals surface area (Å²) in [5.74, 6) is -0.531. The highest BCUT2D eigenvalue weighted by atomic mass is 19.1. The highest BCUT2D eigenvalue weighted by Gasteiger charge is 2.24. The predicted molar refractivity (Wildman–Crippen MR) is 105 cm³/mol. The molecule has 146 valence electrons. The zero-order chi connectivity index (χ0) is 19.9. The Bertz CT molecular complexity index is 867. The zero-order valence-electron chi connectivity index (χ0n) is 15.7. The number of amides is 2. The number of hydrogen-bond acceptors (Lipinski definition) is 3. The number of nitrogens with zero attached hydrogens (tertiary/aromatic N) is 1. The van der Waals surface area contributed by atoms with E-state index in [1.807, 2.05) is 30.3 Å².